The van der Waals surface area contributed by atoms with Crippen molar-refractivity contribution in [1.29, 1.82) is 0 Å². The van der Waals surface area contributed by atoms with Crippen molar-refractivity contribution in [1.82, 2.24) is 4.98 Å². The Kier molecular flexibility index (Phi) is 6.60. The number of ether oxygens (including phenoxy) is 1. The maximum absolute atomic E-state index is 12.5. The Bertz CT molecular complexity index is 1220. The molecule has 0 radical (unpaired) electrons. The van der Waals surface area contributed by atoms with Crippen LogP contribution in [0.15, 0.2) is 36.4 Å². The number of aryl methyl sites for hydroxylation is 1. The SMILES string of the molecule is Cc1ccc2c(c1)N(CCCC(=O)Nc1ccc3sc(NC(=O)C(C)C)nc3c1)C(=O)CO2. The summed E-state index contributed by atoms with van der Waals surface area (Å²) >= 11 is 1.39. The predicted molar refractivity (Wildman–Crippen MR) is 130 cm³/mol. The highest BCUT2D eigenvalue weighted by Crippen LogP contribution is 2.33. The summed E-state index contributed by atoms with van der Waals surface area (Å²) < 4.78 is 6.42. The number of nitrogens with one attached hydrogen (secondary N) is 2. The molecule has 0 fully saturated rings. The molecule has 0 bridgehead atoms. The van der Waals surface area contributed by atoms with Crippen molar-refractivity contribution in [2.75, 3.05) is 28.7 Å². The first-order valence-corrected chi connectivity index (χ1v) is 11.7. The van der Waals surface area contributed by atoms with Gasteiger partial charge in [0.15, 0.2) is 11.7 Å². The van der Waals surface area contributed by atoms with Crippen LogP contribution in [0.1, 0.15) is 32.3 Å². The molecule has 0 atom stereocenters. The minimum atomic E-state index is -0.136. The molecule has 1 aromatic heterocycles. The Morgan fingerprint density at radius 2 is 2.00 bits per heavy atom. The molecule has 0 saturated carbocycles. The van der Waals surface area contributed by atoms with Gasteiger partial charge >= 0.3 is 0 Å². The number of thiazole rings is 1. The average Bonchev–Trinajstić information content (AvgIpc) is 3.16. The molecule has 2 heterocycles. The van der Waals surface area contributed by atoms with Gasteiger partial charge in [0.05, 0.1) is 15.9 Å². The first-order valence-electron chi connectivity index (χ1n) is 10.9. The van der Waals surface area contributed by atoms with Crippen LogP contribution in [-0.2, 0) is 14.4 Å². The Morgan fingerprint density at radius 1 is 1.18 bits per heavy atom. The van der Waals surface area contributed by atoms with Crippen LogP contribution >= 0.6 is 11.3 Å². The maximum atomic E-state index is 12.5. The third kappa shape index (κ3) is 5.31. The summed E-state index contributed by atoms with van der Waals surface area (Å²) in [5, 5.41) is 6.23. The van der Waals surface area contributed by atoms with Crippen LogP contribution in [-0.4, -0.2) is 35.9 Å². The van der Waals surface area contributed by atoms with Gasteiger partial charge in [-0.1, -0.05) is 31.3 Å². The highest BCUT2D eigenvalue weighted by molar-refractivity contribution is 7.22. The molecule has 8 nitrogen and oxygen atoms in total. The van der Waals surface area contributed by atoms with E-state index in [1.807, 2.05) is 51.1 Å². The van der Waals surface area contributed by atoms with Crippen LogP contribution in [0, 0.1) is 12.8 Å². The Hall–Kier alpha value is -3.46. The molecule has 33 heavy (non-hydrogen) atoms. The standard InChI is InChI=1S/C24H26N4O4S/c1-14(2)23(31)27-24-26-17-12-16(7-9-20(17)33-24)25-21(29)5-4-10-28-18-11-15(3)6-8-19(18)32-13-22(28)30/h6-9,11-12,14H,4-5,10,13H2,1-3H3,(H,25,29)(H,26,27,31). The molecule has 9 heteroatoms. The van der Waals surface area contributed by atoms with Gasteiger partial charge in [0.25, 0.3) is 5.91 Å². The smallest absolute Gasteiger partial charge is 0.265 e. The number of fused-ring (bicyclic) bond motifs is 2. The van der Waals surface area contributed by atoms with E-state index in [1.54, 1.807) is 11.0 Å². The molecule has 3 amide bonds. The van der Waals surface area contributed by atoms with E-state index < -0.39 is 0 Å². The number of rotatable bonds is 7. The van der Waals surface area contributed by atoms with E-state index in [-0.39, 0.29) is 36.7 Å². The minimum Gasteiger partial charge on any atom is -0.482 e. The zero-order valence-electron chi connectivity index (χ0n) is 18.8. The fourth-order valence-corrected chi connectivity index (χ4v) is 4.34. The average molecular weight is 467 g/mol. The first kappa shape index (κ1) is 22.7. The number of carbonyl (C=O) groups excluding carboxylic acids is 3. The zero-order valence-corrected chi connectivity index (χ0v) is 19.6. The van der Waals surface area contributed by atoms with Crippen molar-refractivity contribution in [3.63, 3.8) is 0 Å². The van der Waals surface area contributed by atoms with E-state index in [2.05, 4.69) is 15.6 Å². The van der Waals surface area contributed by atoms with Crippen molar-refractivity contribution < 1.29 is 19.1 Å². The minimum absolute atomic E-state index is 0.00945. The molecule has 0 unspecified atom stereocenters. The summed E-state index contributed by atoms with van der Waals surface area (Å²) in [5.41, 5.74) is 3.14. The van der Waals surface area contributed by atoms with Gasteiger partial charge < -0.3 is 20.3 Å². The third-order valence-corrected chi connectivity index (χ3v) is 6.22. The van der Waals surface area contributed by atoms with Gasteiger partial charge in [-0.15, -0.1) is 0 Å². The molecule has 2 aromatic carbocycles. The Labute approximate surface area is 195 Å². The van der Waals surface area contributed by atoms with Gasteiger partial charge in [0, 0.05) is 24.6 Å². The number of hydrogen-bond donors (Lipinski definition) is 2. The predicted octanol–water partition coefficient (Wildman–Crippen LogP) is 4.34. The van der Waals surface area contributed by atoms with Gasteiger partial charge in [-0.3, -0.25) is 14.4 Å². The Balaban J connectivity index is 1.34. The van der Waals surface area contributed by atoms with E-state index in [0.717, 1.165) is 16.0 Å². The third-order valence-electron chi connectivity index (χ3n) is 5.27. The number of benzene rings is 2. The van der Waals surface area contributed by atoms with E-state index in [1.165, 1.54) is 11.3 Å². The number of hydrogen-bond acceptors (Lipinski definition) is 6. The molecule has 0 spiro atoms. The van der Waals surface area contributed by atoms with Crippen LogP contribution in [0.2, 0.25) is 0 Å². The lowest BCUT2D eigenvalue weighted by atomic mass is 10.1. The van der Waals surface area contributed by atoms with Crippen LogP contribution in [0.25, 0.3) is 10.2 Å². The summed E-state index contributed by atoms with van der Waals surface area (Å²) in [4.78, 5) is 42.8. The summed E-state index contributed by atoms with van der Waals surface area (Å²) in [6.07, 6.45) is 0.797. The fraction of sp³-hybridized carbons (Fsp3) is 0.333. The quantitative estimate of drug-likeness (QED) is 0.539. The van der Waals surface area contributed by atoms with E-state index in [0.29, 0.717) is 35.1 Å². The van der Waals surface area contributed by atoms with Crippen LogP contribution in [0.4, 0.5) is 16.5 Å². The lowest BCUT2D eigenvalue weighted by molar-refractivity contribution is -0.121. The normalized spacial score (nSPS) is 13.1. The van der Waals surface area contributed by atoms with Crippen LogP contribution in [0.3, 0.4) is 0 Å². The summed E-state index contributed by atoms with van der Waals surface area (Å²) in [6.45, 7) is 6.06. The maximum Gasteiger partial charge on any atom is 0.265 e. The molecule has 1 aliphatic rings. The molecule has 0 saturated heterocycles. The van der Waals surface area contributed by atoms with Crippen molar-refractivity contribution in [2.24, 2.45) is 5.92 Å². The molecule has 2 N–H and O–H groups in total. The second kappa shape index (κ2) is 9.58. The summed E-state index contributed by atoms with van der Waals surface area (Å²) in [7, 11) is 0. The molecule has 1 aliphatic heterocycles. The van der Waals surface area contributed by atoms with E-state index in [4.69, 9.17) is 4.74 Å². The number of aromatic nitrogens is 1. The van der Waals surface area contributed by atoms with Crippen molar-refractivity contribution >= 4 is 55.8 Å². The second-order valence-electron chi connectivity index (χ2n) is 8.30. The lowest BCUT2D eigenvalue weighted by Crippen LogP contribution is -2.39. The number of anilines is 3. The Morgan fingerprint density at radius 3 is 2.79 bits per heavy atom. The largest absolute Gasteiger partial charge is 0.482 e. The highest BCUT2D eigenvalue weighted by Gasteiger charge is 2.25. The molecule has 4 rings (SSSR count). The van der Waals surface area contributed by atoms with Crippen molar-refractivity contribution in [3.05, 3.63) is 42.0 Å². The molecule has 0 aliphatic carbocycles. The van der Waals surface area contributed by atoms with Crippen LogP contribution in [0.5, 0.6) is 5.75 Å². The zero-order chi connectivity index (χ0) is 23.5. The van der Waals surface area contributed by atoms with Crippen molar-refractivity contribution in [2.45, 2.75) is 33.6 Å². The van der Waals surface area contributed by atoms with Gasteiger partial charge in [-0.2, -0.15) is 0 Å². The fourth-order valence-electron chi connectivity index (χ4n) is 3.49. The monoisotopic (exact) mass is 466 g/mol. The molecule has 3 aromatic rings. The molecular weight excluding hydrogens is 440 g/mol. The first-order chi connectivity index (χ1) is 15.8. The molecular formula is C24H26N4O4S. The number of carbonyl (C=O) groups is 3. The molecule has 172 valence electrons. The number of amides is 3. The van der Waals surface area contributed by atoms with Gasteiger partial charge in [-0.05, 0) is 49.2 Å². The van der Waals surface area contributed by atoms with Crippen LogP contribution < -0.4 is 20.3 Å². The lowest BCUT2D eigenvalue weighted by Gasteiger charge is -2.29. The summed E-state index contributed by atoms with van der Waals surface area (Å²) in [5.74, 6) is 0.229. The van der Waals surface area contributed by atoms with Gasteiger partial charge in [0.2, 0.25) is 11.8 Å². The second-order valence-corrected chi connectivity index (χ2v) is 9.33. The topological polar surface area (TPSA) is 101 Å². The highest BCUT2D eigenvalue weighted by atomic mass is 32.1. The van der Waals surface area contributed by atoms with E-state index in [9.17, 15) is 14.4 Å². The van der Waals surface area contributed by atoms with Gasteiger partial charge in [0.1, 0.15) is 5.75 Å². The van der Waals surface area contributed by atoms with E-state index >= 15 is 0 Å². The van der Waals surface area contributed by atoms with Crippen molar-refractivity contribution in [3.8, 4) is 5.75 Å². The summed E-state index contributed by atoms with van der Waals surface area (Å²) in [6, 6.07) is 11.2. The number of nitrogens with zero attached hydrogens (tertiary/aromatic N) is 2. The van der Waals surface area contributed by atoms with Gasteiger partial charge in [-0.25, -0.2) is 4.98 Å².